The fourth-order valence-corrected chi connectivity index (χ4v) is 1.25. The Morgan fingerprint density at radius 3 is 2.45 bits per heavy atom. The van der Waals surface area contributed by atoms with Gasteiger partial charge in [-0.1, -0.05) is 19.6 Å². The number of ether oxygens (including phenoxy) is 1. The normalized spacial score (nSPS) is 10.9. The van der Waals surface area contributed by atoms with Gasteiger partial charge in [-0.25, -0.2) is 9.63 Å². The zero-order chi connectivity index (χ0) is 8.91. The van der Waals surface area contributed by atoms with Gasteiger partial charge in [0.2, 0.25) is 0 Å². The minimum Gasteiger partial charge on any atom is -0.449 e. The molecular weight excluding hydrogens is 182 g/mol. The molecule has 1 amide bonds. The third-order valence-corrected chi connectivity index (χ3v) is 3.02. The van der Waals surface area contributed by atoms with Gasteiger partial charge in [0.25, 0.3) is 0 Å². The zero-order valence-electron chi connectivity index (χ0n) is 7.11. The van der Waals surface area contributed by atoms with Crippen LogP contribution in [0.5, 0.6) is 0 Å². The van der Waals surface area contributed by atoms with Crippen LogP contribution in [-0.4, -0.2) is 20.8 Å². The average Bonchev–Trinajstić information content (AvgIpc) is 1.85. The number of hydrogen-bond acceptors (Lipinski definition) is 2. The van der Waals surface area contributed by atoms with Crippen LogP contribution in [-0.2, 0) is 4.74 Å². The van der Waals surface area contributed by atoms with Gasteiger partial charge in [-0.2, -0.15) is 0 Å². The molecular formula is C6H14ClNO2Si. The lowest BCUT2D eigenvalue weighted by molar-refractivity contribution is 0.158. The number of hydrogen-bond donors (Lipinski definition) is 1. The van der Waals surface area contributed by atoms with E-state index in [1.807, 2.05) is 4.84 Å². The molecule has 0 unspecified atom stereocenters. The van der Waals surface area contributed by atoms with Gasteiger partial charge in [0.05, 0.1) is 6.61 Å². The lowest BCUT2D eigenvalue weighted by atomic mass is 10.8. The minimum atomic E-state index is -1.08. The standard InChI is InChI=1S/C6H14ClNO2Si/c1-11(2,3)5-4-10-6(9)8-7/h4-5H2,1-3H3,(H,8,9). The predicted octanol–water partition coefficient (Wildman–Crippen LogP) is 2.20. The summed E-state index contributed by atoms with van der Waals surface area (Å²) in [5.74, 6) is 0. The van der Waals surface area contributed by atoms with E-state index in [4.69, 9.17) is 16.5 Å². The first kappa shape index (κ1) is 10.8. The van der Waals surface area contributed by atoms with Crippen molar-refractivity contribution in [1.29, 1.82) is 0 Å². The Bertz CT molecular complexity index is 135. The van der Waals surface area contributed by atoms with Crippen LogP contribution in [0, 0.1) is 0 Å². The van der Waals surface area contributed by atoms with Gasteiger partial charge in [-0.05, 0) is 6.04 Å². The molecule has 0 rings (SSSR count). The molecule has 1 N–H and O–H groups in total. The molecule has 0 aliphatic heterocycles. The van der Waals surface area contributed by atoms with Crippen molar-refractivity contribution in [3.05, 3.63) is 0 Å². The molecule has 0 aliphatic carbocycles. The lowest BCUT2D eigenvalue weighted by Gasteiger charge is -2.14. The minimum absolute atomic E-state index is 0.467. The molecule has 0 fully saturated rings. The highest BCUT2D eigenvalue weighted by molar-refractivity contribution is 6.76. The monoisotopic (exact) mass is 195 g/mol. The van der Waals surface area contributed by atoms with Gasteiger partial charge in [-0.15, -0.1) is 0 Å². The molecule has 0 aromatic rings. The third-order valence-electron chi connectivity index (χ3n) is 1.16. The largest absolute Gasteiger partial charge is 0.449 e. The van der Waals surface area contributed by atoms with Crippen LogP contribution in [0.25, 0.3) is 0 Å². The van der Waals surface area contributed by atoms with Crippen LogP contribution in [0.15, 0.2) is 0 Å². The van der Waals surface area contributed by atoms with Crippen LogP contribution in [0.1, 0.15) is 0 Å². The highest BCUT2D eigenvalue weighted by atomic mass is 35.5. The Hall–Kier alpha value is -0.223. The first-order valence-electron chi connectivity index (χ1n) is 3.49. The maximum atomic E-state index is 10.4. The van der Waals surface area contributed by atoms with E-state index in [1.54, 1.807) is 0 Å². The summed E-state index contributed by atoms with van der Waals surface area (Å²) in [6.07, 6.45) is -0.565. The van der Waals surface area contributed by atoms with Crippen molar-refractivity contribution in [2.75, 3.05) is 6.61 Å². The van der Waals surface area contributed by atoms with Gasteiger partial charge >= 0.3 is 6.09 Å². The van der Waals surface area contributed by atoms with E-state index in [0.29, 0.717) is 6.61 Å². The summed E-state index contributed by atoms with van der Waals surface area (Å²) in [5, 5.41) is 0. The van der Waals surface area contributed by atoms with Crippen LogP contribution in [0.2, 0.25) is 25.7 Å². The second-order valence-electron chi connectivity index (χ2n) is 3.54. The number of nitrogens with one attached hydrogen (secondary N) is 1. The number of halogens is 1. The molecule has 0 aromatic heterocycles. The van der Waals surface area contributed by atoms with Crippen LogP contribution in [0.4, 0.5) is 4.79 Å². The summed E-state index contributed by atoms with van der Waals surface area (Å²) >= 11 is 4.99. The highest BCUT2D eigenvalue weighted by Gasteiger charge is 2.13. The Balaban J connectivity index is 3.35. The fourth-order valence-electron chi connectivity index (χ4n) is 0.477. The SMILES string of the molecule is C[Si](C)(C)CCOC(=O)NCl. The number of carbonyl (C=O) groups excluding carboxylic acids is 1. The second-order valence-corrected chi connectivity index (χ2v) is 9.35. The summed E-state index contributed by atoms with van der Waals surface area (Å²) in [6.45, 7) is 7.12. The molecule has 11 heavy (non-hydrogen) atoms. The van der Waals surface area contributed by atoms with E-state index in [2.05, 4.69) is 19.6 Å². The number of rotatable bonds is 3. The summed E-state index contributed by atoms with van der Waals surface area (Å²) in [4.78, 5) is 12.3. The van der Waals surface area contributed by atoms with E-state index >= 15 is 0 Å². The van der Waals surface area contributed by atoms with Gasteiger partial charge in [0.1, 0.15) is 0 Å². The molecule has 0 heterocycles. The van der Waals surface area contributed by atoms with Gasteiger partial charge in [0, 0.05) is 19.9 Å². The Morgan fingerprint density at radius 1 is 1.55 bits per heavy atom. The predicted molar refractivity (Wildman–Crippen MR) is 48.5 cm³/mol. The van der Waals surface area contributed by atoms with Crippen LogP contribution < -0.4 is 4.84 Å². The van der Waals surface area contributed by atoms with Crippen molar-refractivity contribution in [1.82, 2.24) is 4.84 Å². The van der Waals surface area contributed by atoms with Crippen LogP contribution >= 0.6 is 11.8 Å². The summed E-state index contributed by atoms with van der Waals surface area (Å²) in [7, 11) is -1.08. The van der Waals surface area contributed by atoms with Gasteiger partial charge < -0.3 is 4.74 Å². The molecule has 0 aliphatic rings. The molecule has 3 nitrogen and oxygen atoms in total. The summed E-state index contributed by atoms with van der Waals surface area (Å²) in [5.41, 5.74) is 0. The lowest BCUT2D eigenvalue weighted by Crippen LogP contribution is -2.24. The van der Waals surface area contributed by atoms with E-state index in [-0.39, 0.29) is 0 Å². The molecule has 0 spiro atoms. The quantitative estimate of drug-likeness (QED) is 0.554. The second kappa shape index (κ2) is 4.61. The van der Waals surface area contributed by atoms with Gasteiger partial charge in [0.15, 0.2) is 0 Å². The highest BCUT2D eigenvalue weighted by Crippen LogP contribution is 2.07. The van der Waals surface area contributed by atoms with Gasteiger partial charge in [-0.3, -0.25) is 0 Å². The Kier molecular flexibility index (Phi) is 4.52. The van der Waals surface area contributed by atoms with Crippen LogP contribution in [0.3, 0.4) is 0 Å². The Morgan fingerprint density at radius 2 is 2.09 bits per heavy atom. The van der Waals surface area contributed by atoms with E-state index in [1.165, 1.54) is 0 Å². The summed E-state index contributed by atoms with van der Waals surface area (Å²) in [6, 6.07) is 0.970. The third kappa shape index (κ3) is 7.68. The summed E-state index contributed by atoms with van der Waals surface area (Å²) < 4.78 is 4.72. The smallest absolute Gasteiger partial charge is 0.421 e. The maximum Gasteiger partial charge on any atom is 0.421 e. The van der Waals surface area contributed by atoms with E-state index < -0.39 is 14.2 Å². The van der Waals surface area contributed by atoms with Crippen molar-refractivity contribution in [2.45, 2.75) is 25.7 Å². The average molecular weight is 196 g/mol. The molecule has 0 aromatic carbocycles. The molecule has 0 atom stereocenters. The topological polar surface area (TPSA) is 38.3 Å². The van der Waals surface area contributed by atoms with E-state index in [0.717, 1.165) is 6.04 Å². The van der Waals surface area contributed by atoms with Crippen molar-refractivity contribution in [3.8, 4) is 0 Å². The first-order valence-corrected chi connectivity index (χ1v) is 7.57. The van der Waals surface area contributed by atoms with Crippen molar-refractivity contribution in [3.63, 3.8) is 0 Å². The molecule has 0 bridgehead atoms. The molecule has 0 saturated carbocycles. The Labute approximate surface area is 73.2 Å². The molecule has 0 radical (unpaired) electrons. The van der Waals surface area contributed by atoms with E-state index in [9.17, 15) is 4.79 Å². The van der Waals surface area contributed by atoms with Crippen molar-refractivity contribution < 1.29 is 9.53 Å². The fraction of sp³-hybridized carbons (Fsp3) is 0.833. The van der Waals surface area contributed by atoms with Crippen molar-refractivity contribution in [2.24, 2.45) is 0 Å². The number of carbonyl (C=O) groups is 1. The molecule has 66 valence electrons. The zero-order valence-corrected chi connectivity index (χ0v) is 8.86. The first-order chi connectivity index (χ1) is 4.95. The van der Waals surface area contributed by atoms with Crippen molar-refractivity contribution >= 4 is 25.9 Å². The molecule has 0 saturated heterocycles. The molecule has 5 heteroatoms. The number of amides is 1. The maximum absolute atomic E-state index is 10.4.